The first-order chi connectivity index (χ1) is 10.7. The Morgan fingerprint density at radius 1 is 1.27 bits per heavy atom. The van der Waals surface area contributed by atoms with Crippen LogP contribution in [0.5, 0.6) is 0 Å². The first-order valence-electron chi connectivity index (χ1n) is 8.08. The molecule has 1 aliphatic heterocycles. The van der Waals surface area contributed by atoms with Crippen LogP contribution in [0, 0.1) is 0 Å². The Bertz CT molecular complexity index is 481. The smallest absolute Gasteiger partial charge is 0.410 e. The van der Waals surface area contributed by atoms with Crippen molar-refractivity contribution in [2.45, 2.75) is 44.6 Å². The second-order valence-electron chi connectivity index (χ2n) is 5.77. The molecule has 122 valence electrons. The predicted octanol–water partition coefficient (Wildman–Crippen LogP) is 3.61. The van der Waals surface area contributed by atoms with Crippen LogP contribution in [0.1, 0.15) is 37.7 Å². The maximum absolute atomic E-state index is 11.8. The van der Waals surface area contributed by atoms with E-state index in [9.17, 15) is 4.79 Å². The van der Waals surface area contributed by atoms with Gasteiger partial charge in [0.25, 0.3) is 0 Å². The van der Waals surface area contributed by atoms with Crippen LogP contribution in [0.4, 0.5) is 4.79 Å². The molecule has 1 heterocycles. The fourth-order valence-electron chi connectivity index (χ4n) is 2.95. The monoisotopic (exact) mass is 324 g/mol. The second kappa shape index (κ2) is 9.01. The van der Waals surface area contributed by atoms with Crippen LogP contribution in [0.25, 0.3) is 0 Å². The largest absolute Gasteiger partial charge is 0.448 e. The average Bonchev–Trinajstić information content (AvgIpc) is 2.92. The van der Waals surface area contributed by atoms with E-state index in [4.69, 9.17) is 22.1 Å². The van der Waals surface area contributed by atoms with E-state index in [0.717, 1.165) is 43.5 Å². The van der Waals surface area contributed by atoms with Crippen molar-refractivity contribution >= 4 is 17.7 Å². The van der Waals surface area contributed by atoms with Gasteiger partial charge < -0.3 is 15.4 Å². The number of ether oxygens (including phenoxy) is 1. The molecule has 0 bridgehead atoms. The lowest BCUT2D eigenvalue weighted by atomic mass is 9.99. The molecule has 1 aromatic rings. The molecule has 0 radical (unpaired) electrons. The van der Waals surface area contributed by atoms with Gasteiger partial charge in [0.05, 0.1) is 6.54 Å². The Balaban J connectivity index is 1.84. The van der Waals surface area contributed by atoms with E-state index < -0.39 is 0 Å². The van der Waals surface area contributed by atoms with E-state index in [1.807, 2.05) is 23.1 Å². The zero-order valence-electron chi connectivity index (χ0n) is 13.0. The fourth-order valence-corrected chi connectivity index (χ4v) is 3.16. The van der Waals surface area contributed by atoms with Crippen LogP contribution in [-0.4, -0.2) is 36.7 Å². The van der Waals surface area contributed by atoms with Gasteiger partial charge in [0.2, 0.25) is 0 Å². The molecular formula is C17H25ClN2O2. The van der Waals surface area contributed by atoms with E-state index in [1.165, 1.54) is 5.56 Å². The predicted molar refractivity (Wildman–Crippen MR) is 89.1 cm³/mol. The van der Waals surface area contributed by atoms with Gasteiger partial charge in [0.1, 0.15) is 6.61 Å². The highest BCUT2D eigenvalue weighted by molar-refractivity contribution is 6.30. The minimum atomic E-state index is -0.166. The van der Waals surface area contributed by atoms with E-state index in [-0.39, 0.29) is 12.1 Å². The minimum absolute atomic E-state index is 0.166. The number of unbranched alkanes of at least 4 members (excludes halogenated alkanes) is 1. The quantitative estimate of drug-likeness (QED) is 0.706. The number of carbonyl (C=O) groups is 1. The van der Waals surface area contributed by atoms with Gasteiger partial charge in [-0.15, -0.1) is 0 Å². The number of carbonyl (C=O) groups excluding carboxylic acids is 1. The van der Waals surface area contributed by atoms with Gasteiger partial charge >= 0.3 is 6.09 Å². The number of cyclic esters (lactones) is 1. The Kier molecular flexibility index (Phi) is 7.00. The van der Waals surface area contributed by atoms with E-state index in [1.54, 1.807) is 0 Å². The number of nitrogens with two attached hydrogens (primary N) is 1. The van der Waals surface area contributed by atoms with Crippen molar-refractivity contribution in [3.63, 3.8) is 0 Å². The summed E-state index contributed by atoms with van der Waals surface area (Å²) < 4.78 is 5.08. The summed E-state index contributed by atoms with van der Waals surface area (Å²) in [4.78, 5) is 13.7. The summed E-state index contributed by atoms with van der Waals surface area (Å²) in [5.41, 5.74) is 6.82. The number of nitrogens with zero attached hydrogens (tertiary/aromatic N) is 1. The lowest BCUT2D eigenvalue weighted by molar-refractivity contribution is 0.143. The maximum atomic E-state index is 11.8. The van der Waals surface area contributed by atoms with Crippen molar-refractivity contribution in [3.8, 4) is 0 Å². The van der Waals surface area contributed by atoms with Gasteiger partial charge in [0.15, 0.2) is 0 Å². The number of hydrogen-bond donors (Lipinski definition) is 1. The van der Waals surface area contributed by atoms with E-state index >= 15 is 0 Å². The molecular weight excluding hydrogens is 300 g/mol. The van der Waals surface area contributed by atoms with Crippen molar-refractivity contribution in [1.29, 1.82) is 0 Å². The molecule has 0 saturated carbocycles. The Labute approximate surface area is 137 Å². The molecule has 1 fully saturated rings. The third-order valence-electron chi connectivity index (χ3n) is 4.12. The number of aryl methyl sites for hydroxylation is 1. The Hall–Kier alpha value is -1.26. The van der Waals surface area contributed by atoms with E-state index in [2.05, 4.69) is 6.07 Å². The third-order valence-corrected chi connectivity index (χ3v) is 4.35. The van der Waals surface area contributed by atoms with Crippen molar-refractivity contribution in [2.24, 2.45) is 5.73 Å². The zero-order chi connectivity index (χ0) is 15.8. The molecule has 2 rings (SSSR count). The highest BCUT2D eigenvalue weighted by Crippen LogP contribution is 2.20. The molecule has 1 amide bonds. The molecule has 0 aliphatic carbocycles. The molecule has 1 aliphatic rings. The van der Waals surface area contributed by atoms with Gasteiger partial charge in [-0.3, -0.25) is 0 Å². The number of rotatable bonds is 9. The third kappa shape index (κ3) is 5.18. The standard InChI is InChI=1S/C17H25ClN2O2/c18-15-7-3-5-14(13-15)6-4-9-16(8-1-2-10-19)20-11-12-22-17(20)21/h3,5,7,13,16H,1-2,4,6,8-12,19H2/t16-/m0/s1. The number of halogens is 1. The van der Waals surface area contributed by atoms with Crippen LogP contribution in [0.3, 0.4) is 0 Å². The van der Waals surface area contributed by atoms with Gasteiger partial charge in [0, 0.05) is 11.1 Å². The zero-order valence-corrected chi connectivity index (χ0v) is 13.7. The van der Waals surface area contributed by atoms with Crippen LogP contribution in [0.15, 0.2) is 24.3 Å². The van der Waals surface area contributed by atoms with Gasteiger partial charge in [-0.1, -0.05) is 30.2 Å². The summed E-state index contributed by atoms with van der Waals surface area (Å²) >= 11 is 6.01. The van der Waals surface area contributed by atoms with Crippen molar-refractivity contribution in [2.75, 3.05) is 19.7 Å². The van der Waals surface area contributed by atoms with Gasteiger partial charge in [-0.25, -0.2) is 4.79 Å². The van der Waals surface area contributed by atoms with Gasteiger partial charge in [-0.05, 0) is 56.3 Å². The molecule has 2 N–H and O–H groups in total. The Morgan fingerprint density at radius 3 is 2.77 bits per heavy atom. The topological polar surface area (TPSA) is 55.6 Å². The lowest BCUT2D eigenvalue weighted by Gasteiger charge is -2.25. The molecule has 5 heteroatoms. The maximum Gasteiger partial charge on any atom is 0.410 e. The van der Waals surface area contributed by atoms with Crippen LogP contribution < -0.4 is 5.73 Å². The van der Waals surface area contributed by atoms with Gasteiger partial charge in [-0.2, -0.15) is 0 Å². The second-order valence-corrected chi connectivity index (χ2v) is 6.20. The molecule has 0 unspecified atom stereocenters. The average molecular weight is 325 g/mol. The van der Waals surface area contributed by atoms with E-state index in [0.29, 0.717) is 19.7 Å². The summed E-state index contributed by atoms with van der Waals surface area (Å²) in [5.74, 6) is 0. The summed E-state index contributed by atoms with van der Waals surface area (Å²) in [6.07, 6.45) is 5.92. The summed E-state index contributed by atoms with van der Waals surface area (Å²) in [7, 11) is 0. The van der Waals surface area contributed by atoms with Crippen LogP contribution in [-0.2, 0) is 11.2 Å². The van der Waals surface area contributed by atoms with Crippen molar-refractivity contribution < 1.29 is 9.53 Å². The number of amides is 1. The summed E-state index contributed by atoms with van der Waals surface area (Å²) in [5, 5.41) is 0.778. The minimum Gasteiger partial charge on any atom is -0.448 e. The molecule has 22 heavy (non-hydrogen) atoms. The summed E-state index contributed by atoms with van der Waals surface area (Å²) in [6.45, 7) is 1.93. The SMILES string of the molecule is NCCCC[C@@H](CCCc1cccc(Cl)c1)N1CCOC1=O. The fraction of sp³-hybridized carbons (Fsp3) is 0.588. The number of hydrogen-bond acceptors (Lipinski definition) is 3. The van der Waals surface area contributed by atoms with Crippen LogP contribution >= 0.6 is 11.6 Å². The molecule has 4 nitrogen and oxygen atoms in total. The molecule has 1 aromatic carbocycles. The normalized spacial score (nSPS) is 15.9. The molecule has 0 spiro atoms. The lowest BCUT2D eigenvalue weighted by Crippen LogP contribution is -2.36. The van der Waals surface area contributed by atoms with Crippen molar-refractivity contribution in [1.82, 2.24) is 4.90 Å². The Morgan fingerprint density at radius 2 is 2.09 bits per heavy atom. The molecule has 1 atom stereocenters. The first kappa shape index (κ1) is 17.1. The first-order valence-corrected chi connectivity index (χ1v) is 8.46. The number of benzene rings is 1. The highest BCUT2D eigenvalue weighted by Gasteiger charge is 2.28. The van der Waals surface area contributed by atoms with Crippen molar-refractivity contribution in [3.05, 3.63) is 34.9 Å². The van der Waals surface area contributed by atoms with Crippen LogP contribution in [0.2, 0.25) is 5.02 Å². The highest BCUT2D eigenvalue weighted by atomic mass is 35.5. The molecule has 0 aromatic heterocycles. The molecule has 1 saturated heterocycles. The summed E-state index contributed by atoms with van der Waals surface area (Å²) in [6, 6.07) is 8.24.